The zero-order valence-corrected chi connectivity index (χ0v) is 10.7. The van der Waals surface area contributed by atoms with Crippen LogP contribution in [0.5, 0.6) is 11.6 Å². The lowest BCUT2D eigenvalue weighted by Gasteiger charge is -2.04. The van der Waals surface area contributed by atoms with E-state index in [1.165, 1.54) is 13.2 Å². The van der Waals surface area contributed by atoms with Crippen molar-refractivity contribution in [2.24, 2.45) is 0 Å². The van der Waals surface area contributed by atoms with Gasteiger partial charge in [-0.25, -0.2) is 9.48 Å². The normalized spacial score (nSPS) is 14.6. The third-order valence-corrected chi connectivity index (χ3v) is 3.27. The molecule has 1 fully saturated rings. The summed E-state index contributed by atoms with van der Waals surface area (Å²) in [5, 5.41) is 14.3. The average Bonchev–Trinajstić information content (AvgIpc) is 3.18. The highest BCUT2D eigenvalue weighted by atomic mass is 16.5. The van der Waals surface area contributed by atoms with Crippen LogP contribution in [0.2, 0.25) is 0 Å². The Morgan fingerprint density at radius 1 is 1.37 bits per heavy atom. The number of hydrogen-bond donors (Lipinski definition) is 1. The predicted molar refractivity (Wildman–Crippen MR) is 68.1 cm³/mol. The lowest BCUT2D eigenvalue weighted by atomic mass is 10.1. The van der Waals surface area contributed by atoms with Crippen LogP contribution in [0.3, 0.4) is 0 Å². The van der Waals surface area contributed by atoms with Crippen molar-refractivity contribution in [3.8, 4) is 11.6 Å². The summed E-state index contributed by atoms with van der Waals surface area (Å²) in [6.07, 6.45) is 2.14. The molecule has 1 aliphatic rings. The Kier molecular flexibility index (Phi) is 2.58. The lowest BCUT2D eigenvalue weighted by Crippen LogP contribution is -1.99. The molecule has 1 aromatic carbocycles. The molecule has 1 aliphatic carbocycles. The van der Waals surface area contributed by atoms with Gasteiger partial charge in [-0.2, -0.15) is 5.10 Å². The lowest BCUT2D eigenvalue weighted by molar-refractivity contribution is 0.0696. The third kappa shape index (κ3) is 1.80. The quantitative estimate of drug-likeness (QED) is 0.913. The minimum atomic E-state index is -0.999. The van der Waals surface area contributed by atoms with Crippen LogP contribution < -0.4 is 9.47 Å². The molecule has 0 aliphatic heterocycles. The molecule has 6 nitrogen and oxygen atoms in total. The molecular weight excluding hydrogens is 248 g/mol. The van der Waals surface area contributed by atoms with Crippen molar-refractivity contribution in [2.75, 3.05) is 14.2 Å². The Hall–Kier alpha value is -2.24. The van der Waals surface area contributed by atoms with E-state index in [1.54, 1.807) is 13.2 Å². The van der Waals surface area contributed by atoms with E-state index in [-0.39, 0.29) is 5.56 Å². The highest BCUT2D eigenvalue weighted by molar-refractivity contribution is 5.98. The molecule has 3 rings (SSSR count). The van der Waals surface area contributed by atoms with Gasteiger partial charge in [-0.15, -0.1) is 0 Å². The SMILES string of the molecule is COc1cc(C(=O)O)cc2c(OC)n(C3CC3)nc12. The first kappa shape index (κ1) is 11.8. The van der Waals surface area contributed by atoms with Crippen LogP contribution in [0.1, 0.15) is 29.2 Å². The maximum absolute atomic E-state index is 11.1. The fourth-order valence-corrected chi connectivity index (χ4v) is 2.20. The van der Waals surface area contributed by atoms with Gasteiger partial charge in [0.15, 0.2) is 0 Å². The van der Waals surface area contributed by atoms with Crippen molar-refractivity contribution in [3.63, 3.8) is 0 Å². The number of rotatable bonds is 4. The number of fused-ring (bicyclic) bond motifs is 1. The zero-order valence-electron chi connectivity index (χ0n) is 10.7. The second kappa shape index (κ2) is 4.15. The second-order valence-corrected chi connectivity index (χ2v) is 4.56. The van der Waals surface area contributed by atoms with Gasteiger partial charge in [0.25, 0.3) is 0 Å². The molecule has 2 aromatic rings. The Morgan fingerprint density at radius 3 is 2.63 bits per heavy atom. The Balaban J connectivity index is 2.30. The molecular formula is C13H14N2O4. The fraction of sp³-hybridized carbons (Fsp3) is 0.385. The molecule has 100 valence electrons. The number of carboxylic acid groups (broad SMARTS) is 1. The summed E-state index contributed by atoms with van der Waals surface area (Å²) in [4.78, 5) is 11.1. The van der Waals surface area contributed by atoms with Crippen LogP contribution in [0, 0.1) is 0 Å². The molecule has 0 amide bonds. The highest BCUT2D eigenvalue weighted by Crippen LogP contribution is 2.42. The summed E-state index contributed by atoms with van der Waals surface area (Å²) in [7, 11) is 3.07. The van der Waals surface area contributed by atoms with Gasteiger partial charge in [-0.05, 0) is 25.0 Å². The molecule has 1 aromatic heterocycles. The number of ether oxygens (including phenoxy) is 2. The monoisotopic (exact) mass is 262 g/mol. The first-order chi connectivity index (χ1) is 9.15. The first-order valence-corrected chi connectivity index (χ1v) is 6.03. The smallest absolute Gasteiger partial charge is 0.335 e. The number of methoxy groups -OCH3 is 2. The van der Waals surface area contributed by atoms with E-state index in [0.717, 1.165) is 12.8 Å². The van der Waals surface area contributed by atoms with E-state index in [9.17, 15) is 4.79 Å². The maximum Gasteiger partial charge on any atom is 0.335 e. The van der Waals surface area contributed by atoms with Gasteiger partial charge in [-0.1, -0.05) is 0 Å². The summed E-state index contributed by atoms with van der Waals surface area (Å²) in [5.41, 5.74) is 0.800. The first-order valence-electron chi connectivity index (χ1n) is 6.03. The number of carbonyl (C=O) groups is 1. The molecule has 6 heteroatoms. The van der Waals surface area contributed by atoms with Gasteiger partial charge in [0.1, 0.15) is 11.3 Å². The molecule has 1 N–H and O–H groups in total. The highest BCUT2D eigenvalue weighted by Gasteiger charge is 2.30. The molecule has 0 saturated heterocycles. The topological polar surface area (TPSA) is 73.6 Å². The van der Waals surface area contributed by atoms with E-state index in [1.807, 2.05) is 4.68 Å². The number of hydrogen-bond acceptors (Lipinski definition) is 4. The summed E-state index contributed by atoms with van der Waals surface area (Å²) in [6.45, 7) is 0. The van der Waals surface area contributed by atoms with Crippen molar-refractivity contribution in [1.29, 1.82) is 0 Å². The molecule has 0 bridgehead atoms. The van der Waals surface area contributed by atoms with Crippen LogP contribution in [0.15, 0.2) is 12.1 Å². The van der Waals surface area contributed by atoms with E-state index < -0.39 is 5.97 Å². The van der Waals surface area contributed by atoms with Crippen LogP contribution in [-0.4, -0.2) is 35.1 Å². The summed E-state index contributed by atoms with van der Waals surface area (Å²) >= 11 is 0. The maximum atomic E-state index is 11.1. The Labute approximate surface area is 109 Å². The summed E-state index contributed by atoms with van der Waals surface area (Å²) < 4.78 is 12.4. The van der Waals surface area contributed by atoms with Gasteiger partial charge >= 0.3 is 5.97 Å². The number of benzene rings is 1. The Bertz CT molecular complexity index is 658. The molecule has 1 saturated carbocycles. The minimum Gasteiger partial charge on any atom is -0.494 e. The van der Waals surface area contributed by atoms with E-state index in [4.69, 9.17) is 14.6 Å². The van der Waals surface area contributed by atoms with Crippen LogP contribution in [0.4, 0.5) is 0 Å². The standard InChI is InChI=1S/C13H14N2O4/c1-18-10-6-7(13(16)17)5-9-11(10)14-15(8-3-4-8)12(9)19-2/h5-6,8H,3-4H2,1-2H3,(H,16,17). The number of aromatic nitrogens is 2. The van der Waals surface area contributed by atoms with E-state index in [0.29, 0.717) is 28.6 Å². The van der Waals surface area contributed by atoms with Crippen molar-refractivity contribution in [1.82, 2.24) is 9.78 Å². The molecule has 19 heavy (non-hydrogen) atoms. The predicted octanol–water partition coefficient (Wildman–Crippen LogP) is 2.09. The van der Waals surface area contributed by atoms with Gasteiger partial charge < -0.3 is 14.6 Å². The summed E-state index contributed by atoms with van der Waals surface area (Å²) in [5.74, 6) is 0.0490. The summed E-state index contributed by atoms with van der Waals surface area (Å²) in [6, 6.07) is 3.40. The molecule has 0 unspecified atom stereocenters. The van der Waals surface area contributed by atoms with Gasteiger partial charge in [0.05, 0.1) is 31.2 Å². The third-order valence-electron chi connectivity index (χ3n) is 3.27. The fourth-order valence-electron chi connectivity index (χ4n) is 2.20. The van der Waals surface area contributed by atoms with E-state index in [2.05, 4.69) is 5.10 Å². The molecule has 1 heterocycles. The second-order valence-electron chi connectivity index (χ2n) is 4.56. The van der Waals surface area contributed by atoms with Crippen molar-refractivity contribution in [2.45, 2.75) is 18.9 Å². The van der Waals surface area contributed by atoms with Gasteiger partial charge in [0, 0.05) is 0 Å². The van der Waals surface area contributed by atoms with Gasteiger partial charge in [0.2, 0.25) is 5.88 Å². The molecule has 0 radical (unpaired) electrons. The average molecular weight is 262 g/mol. The van der Waals surface area contributed by atoms with Crippen LogP contribution in [0.25, 0.3) is 10.9 Å². The van der Waals surface area contributed by atoms with Crippen molar-refractivity contribution < 1.29 is 19.4 Å². The van der Waals surface area contributed by atoms with Crippen molar-refractivity contribution in [3.05, 3.63) is 17.7 Å². The Morgan fingerprint density at radius 2 is 2.11 bits per heavy atom. The molecule has 0 atom stereocenters. The molecule has 0 spiro atoms. The largest absolute Gasteiger partial charge is 0.494 e. The van der Waals surface area contributed by atoms with Gasteiger partial charge in [-0.3, -0.25) is 0 Å². The number of nitrogens with zero attached hydrogens (tertiary/aromatic N) is 2. The number of carboxylic acids is 1. The van der Waals surface area contributed by atoms with Crippen LogP contribution in [-0.2, 0) is 0 Å². The van der Waals surface area contributed by atoms with Crippen LogP contribution >= 0.6 is 0 Å². The zero-order chi connectivity index (χ0) is 13.6. The number of aromatic carboxylic acids is 1. The van der Waals surface area contributed by atoms with Crippen molar-refractivity contribution >= 4 is 16.9 Å². The van der Waals surface area contributed by atoms with E-state index >= 15 is 0 Å². The minimum absolute atomic E-state index is 0.165.